The molecule has 3 aromatic carbocycles. The number of hydrogen-bond donors (Lipinski definition) is 1. The zero-order valence-corrected chi connectivity index (χ0v) is 19.5. The van der Waals surface area contributed by atoms with E-state index in [0.717, 1.165) is 4.31 Å². The smallest absolute Gasteiger partial charge is 0.243 e. The Balaban J connectivity index is 1.77. The van der Waals surface area contributed by atoms with Crippen LogP contribution < -0.4 is 14.8 Å². The number of halogens is 2. The second kappa shape index (κ2) is 10.2. The SMILES string of the molecule is COc1ccccc1Oc1ccc(Cl)cc1NC(=O)CN(C)S(=O)(=O)c1ccc(Cl)cc1. The van der Waals surface area contributed by atoms with Crippen LogP contribution in [0.2, 0.25) is 10.0 Å². The lowest BCUT2D eigenvalue weighted by Crippen LogP contribution is -2.35. The number of methoxy groups -OCH3 is 1. The van der Waals surface area contributed by atoms with E-state index in [1.807, 2.05) is 0 Å². The number of para-hydroxylation sites is 2. The topological polar surface area (TPSA) is 84.9 Å². The third kappa shape index (κ3) is 5.72. The van der Waals surface area contributed by atoms with Gasteiger partial charge in [0.2, 0.25) is 15.9 Å². The van der Waals surface area contributed by atoms with Crippen LogP contribution in [0.4, 0.5) is 5.69 Å². The second-order valence-corrected chi connectivity index (χ2v) is 9.57. The number of carbonyl (C=O) groups is 1. The molecule has 168 valence electrons. The number of ether oxygens (including phenoxy) is 2. The van der Waals surface area contributed by atoms with E-state index in [1.165, 1.54) is 44.5 Å². The summed E-state index contributed by atoms with van der Waals surface area (Å²) in [5.41, 5.74) is 0.283. The van der Waals surface area contributed by atoms with Crippen LogP contribution in [0.1, 0.15) is 0 Å². The number of hydrogen-bond acceptors (Lipinski definition) is 5. The zero-order valence-electron chi connectivity index (χ0n) is 17.2. The van der Waals surface area contributed by atoms with Gasteiger partial charge >= 0.3 is 0 Å². The Labute approximate surface area is 196 Å². The molecule has 0 heterocycles. The maximum Gasteiger partial charge on any atom is 0.243 e. The molecule has 0 aliphatic rings. The molecule has 0 saturated carbocycles. The summed E-state index contributed by atoms with van der Waals surface area (Å²) in [4.78, 5) is 12.7. The second-order valence-electron chi connectivity index (χ2n) is 6.66. The molecule has 0 radical (unpaired) electrons. The van der Waals surface area contributed by atoms with Gasteiger partial charge in [-0.25, -0.2) is 8.42 Å². The normalized spacial score (nSPS) is 11.3. The minimum absolute atomic E-state index is 0.0279. The number of nitrogens with one attached hydrogen (secondary N) is 1. The lowest BCUT2D eigenvalue weighted by atomic mass is 10.2. The summed E-state index contributed by atoms with van der Waals surface area (Å²) in [5, 5.41) is 3.44. The highest BCUT2D eigenvalue weighted by Gasteiger charge is 2.23. The van der Waals surface area contributed by atoms with Crippen molar-refractivity contribution in [2.75, 3.05) is 26.0 Å². The van der Waals surface area contributed by atoms with Crippen molar-refractivity contribution in [1.29, 1.82) is 0 Å². The lowest BCUT2D eigenvalue weighted by molar-refractivity contribution is -0.116. The molecule has 0 atom stereocenters. The van der Waals surface area contributed by atoms with Crippen LogP contribution in [0.3, 0.4) is 0 Å². The molecule has 0 unspecified atom stereocenters. The summed E-state index contributed by atoms with van der Waals surface area (Å²) in [5.74, 6) is 0.691. The van der Waals surface area contributed by atoms with E-state index in [9.17, 15) is 13.2 Å². The maximum atomic E-state index is 12.7. The predicted octanol–water partition coefficient (Wildman–Crippen LogP) is 5.05. The van der Waals surface area contributed by atoms with Crippen molar-refractivity contribution in [3.05, 3.63) is 76.8 Å². The van der Waals surface area contributed by atoms with Crippen LogP contribution in [0.25, 0.3) is 0 Å². The zero-order chi connectivity index (χ0) is 23.3. The Hall–Kier alpha value is -2.78. The fraction of sp³-hybridized carbons (Fsp3) is 0.136. The van der Waals surface area contributed by atoms with E-state index in [0.29, 0.717) is 27.3 Å². The number of carbonyl (C=O) groups excluding carboxylic acids is 1. The molecule has 10 heteroatoms. The van der Waals surface area contributed by atoms with Gasteiger partial charge in [0.05, 0.1) is 24.2 Å². The summed E-state index contributed by atoms with van der Waals surface area (Å²) in [6.45, 7) is -0.425. The molecule has 0 aromatic heterocycles. The largest absolute Gasteiger partial charge is 0.493 e. The Morgan fingerprint density at radius 3 is 2.22 bits per heavy atom. The molecule has 0 bridgehead atoms. The number of sulfonamides is 1. The first-order chi connectivity index (χ1) is 15.2. The average molecular weight is 495 g/mol. The molecule has 1 N–H and O–H groups in total. The highest BCUT2D eigenvalue weighted by atomic mass is 35.5. The molecular formula is C22H20Cl2N2O5S. The molecule has 3 aromatic rings. The Kier molecular flexibility index (Phi) is 7.63. The van der Waals surface area contributed by atoms with Crippen molar-refractivity contribution in [2.24, 2.45) is 0 Å². The summed E-state index contributed by atoms with van der Waals surface area (Å²) < 4.78 is 37.5. The quantitative estimate of drug-likeness (QED) is 0.473. The molecule has 0 spiro atoms. The summed E-state index contributed by atoms with van der Waals surface area (Å²) in [6, 6.07) is 17.4. The molecule has 0 saturated heterocycles. The average Bonchev–Trinajstić information content (AvgIpc) is 2.76. The number of nitrogens with zero attached hydrogens (tertiary/aromatic N) is 1. The molecule has 3 rings (SSSR count). The molecule has 7 nitrogen and oxygen atoms in total. The number of likely N-dealkylation sites (N-methyl/N-ethyl adjacent to an activating group) is 1. The van der Waals surface area contributed by atoms with Gasteiger partial charge in [0.1, 0.15) is 0 Å². The van der Waals surface area contributed by atoms with Crippen molar-refractivity contribution in [3.8, 4) is 17.2 Å². The minimum Gasteiger partial charge on any atom is -0.493 e. The molecule has 1 amide bonds. The van der Waals surface area contributed by atoms with E-state index in [1.54, 1.807) is 36.4 Å². The van der Waals surface area contributed by atoms with Crippen LogP contribution in [-0.2, 0) is 14.8 Å². The fourth-order valence-electron chi connectivity index (χ4n) is 2.77. The highest BCUT2D eigenvalue weighted by Crippen LogP contribution is 2.36. The molecule has 0 fully saturated rings. The van der Waals surface area contributed by atoms with Gasteiger partial charge < -0.3 is 14.8 Å². The van der Waals surface area contributed by atoms with E-state index in [-0.39, 0.29) is 10.6 Å². The van der Waals surface area contributed by atoms with Crippen molar-refractivity contribution in [2.45, 2.75) is 4.90 Å². The molecule has 0 aliphatic heterocycles. The molecule has 32 heavy (non-hydrogen) atoms. The Morgan fingerprint density at radius 2 is 1.56 bits per heavy atom. The Bertz CT molecular complexity index is 1220. The van der Waals surface area contributed by atoms with Crippen LogP contribution in [0, 0.1) is 0 Å². The van der Waals surface area contributed by atoms with Crippen LogP contribution >= 0.6 is 23.2 Å². The first kappa shape index (κ1) is 23.9. The maximum absolute atomic E-state index is 12.7. The van der Waals surface area contributed by atoms with Gasteiger partial charge in [0, 0.05) is 17.1 Å². The van der Waals surface area contributed by atoms with E-state index in [2.05, 4.69) is 5.32 Å². The first-order valence-corrected chi connectivity index (χ1v) is 11.5. The van der Waals surface area contributed by atoms with Gasteiger partial charge in [-0.2, -0.15) is 4.31 Å². The highest BCUT2D eigenvalue weighted by molar-refractivity contribution is 7.89. The Morgan fingerprint density at radius 1 is 0.938 bits per heavy atom. The monoisotopic (exact) mass is 494 g/mol. The van der Waals surface area contributed by atoms with Gasteiger partial charge in [-0.05, 0) is 54.6 Å². The minimum atomic E-state index is -3.88. The summed E-state index contributed by atoms with van der Waals surface area (Å²) in [7, 11) is -1.05. The van der Waals surface area contributed by atoms with E-state index >= 15 is 0 Å². The van der Waals surface area contributed by atoms with Crippen LogP contribution in [0.5, 0.6) is 17.2 Å². The van der Waals surface area contributed by atoms with Gasteiger partial charge in [-0.1, -0.05) is 35.3 Å². The van der Waals surface area contributed by atoms with Crippen molar-refractivity contribution >= 4 is 44.8 Å². The van der Waals surface area contributed by atoms with Crippen molar-refractivity contribution in [1.82, 2.24) is 4.31 Å². The lowest BCUT2D eigenvalue weighted by Gasteiger charge is -2.18. The van der Waals surface area contributed by atoms with Gasteiger partial charge in [0.15, 0.2) is 17.2 Å². The third-order valence-corrected chi connectivity index (χ3v) is 6.70. The van der Waals surface area contributed by atoms with Crippen LogP contribution in [0.15, 0.2) is 71.6 Å². The van der Waals surface area contributed by atoms with Gasteiger partial charge in [-0.15, -0.1) is 0 Å². The molecule has 0 aliphatic carbocycles. The van der Waals surface area contributed by atoms with Gasteiger partial charge in [-0.3, -0.25) is 4.79 Å². The predicted molar refractivity (Wildman–Crippen MR) is 124 cm³/mol. The van der Waals surface area contributed by atoms with Crippen molar-refractivity contribution < 1.29 is 22.7 Å². The van der Waals surface area contributed by atoms with Crippen LogP contribution in [-0.4, -0.2) is 39.3 Å². The number of benzene rings is 3. The van der Waals surface area contributed by atoms with E-state index in [4.69, 9.17) is 32.7 Å². The number of amides is 1. The van der Waals surface area contributed by atoms with E-state index < -0.39 is 22.5 Å². The number of rotatable bonds is 8. The summed E-state index contributed by atoms with van der Waals surface area (Å²) in [6.07, 6.45) is 0. The summed E-state index contributed by atoms with van der Waals surface area (Å²) >= 11 is 11.9. The van der Waals surface area contributed by atoms with Gasteiger partial charge in [0.25, 0.3) is 0 Å². The third-order valence-electron chi connectivity index (χ3n) is 4.39. The molecular weight excluding hydrogens is 475 g/mol. The standard InChI is InChI=1S/C22H20Cl2N2O5S/c1-26(32(28,29)17-10-7-15(23)8-11-17)14-22(27)25-18-13-16(24)9-12-19(18)31-21-6-4-3-5-20(21)30-2/h3-13H,14H2,1-2H3,(H,25,27). The fourth-order valence-corrected chi connectivity index (χ4v) is 4.20. The first-order valence-electron chi connectivity index (χ1n) is 9.33. The van der Waals surface area contributed by atoms with Crippen molar-refractivity contribution in [3.63, 3.8) is 0 Å². The number of anilines is 1.